The topological polar surface area (TPSA) is 17.1 Å². The number of allylic oxidation sites excluding steroid dienone is 1. The molecule has 0 heterocycles. The second-order valence-corrected chi connectivity index (χ2v) is 9.20. The van der Waals surface area contributed by atoms with E-state index in [-0.39, 0.29) is 0 Å². The third-order valence-corrected chi connectivity index (χ3v) is 8.99. The number of carbonyl (C=O) groups excluding carboxylic acids is 1. The van der Waals surface area contributed by atoms with E-state index >= 15 is 0 Å². The highest BCUT2D eigenvalue weighted by Gasteiger charge is 2.68. The van der Waals surface area contributed by atoms with Crippen molar-refractivity contribution >= 4 is 5.78 Å². The van der Waals surface area contributed by atoms with Crippen molar-refractivity contribution < 1.29 is 4.79 Å². The van der Waals surface area contributed by atoms with Crippen molar-refractivity contribution in [2.45, 2.75) is 65.2 Å². The van der Waals surface area contributed by atoms with E-state index in [1.807, 2.05) is 6.08 Å². The van der Waals surface area contributed by atoms with E-state index in [0.717, 1.165) is 47.8 Å². The monoisotopic (exact) mass is 298 g/mol. The van der Waals surface area contributed by atoms with Crippen molar-refractivity contribution in [1.82, 2.24) is 0 Å². The Balaban J connectivity index is 1.50. The molecule has 0 N–H and O–H groups in total. The molecule has 0 aromatic carbocycles. The van der Waals surface area contributed by atoms with Gasteiger partial charge in [-0.05, 0) is 97.9 Å². The van der Waals surface area contributed by atoms with E-state index in [1.54, 1.807) is 12.0 Å². The van der Waals surface area contributed by atoms with Crippen LogP contribution in [-0.4, -0.2) is 5.78 Å². The summed E-state index contributed by atoms with van der Waals surface area (Å²) in [5.74, 6) is 7.27. The molecule has 0 amide bonds. The SMILES string of the molecule is CC[C@]12CC[C@H]3[C@@H](CCC4=CC(=O)CC[C@@H]43)[C@@H]1C1CC1[C@@H]2C. The molecule has 5 rings (SSSR count). The van der Waals surface area contributed by atoms with E-state index in [9.17, 15) is 4.79 Å². The number of fused-ring (bicyclic) bond motifs is 7. The van der Waals surface area contributed by atoms with Gasteiger partial charge in [-0.3, -0.25) is 4.79 Å². The molecule has 0 spiro atoms. The average Bonchev–Trinajstić information content (AvgIpc) is 3.27. The van der Waals surface area contributed by atoms with Gasteiger partial charge < -0.3 is 0 Å². The largest absolute Gasteiger partial charge is 0.295 e. The molecule has 0 aliphatic heterocycles. The molecule has 5 aliphatic rings. The lowest BCUT2D eigenvalue weighted by molar-refractivity contribution is -0.116. The number of ketones is 1. The first-order chi connectivity index (χ1) is 10.7. The summed E-state index contributed by atoms with van der Waals surface area (Å²) < 4.78 is 0. The third-order valence-electron chi connectivity index (χ3n) is 8.99. The van der Waals surface area contributed by atoms with Gasteiger partial charge in [-0.15, -0.1) is 0 Å². The molecular weight excluding hydrogens is 268 g/mol. The maximum Gasteiger partial charge on any atom is 0.155 e. The lowest BCUT2D eigenvalue weighted by Gasteiger charge is -2.56. The third kappa shape index (κ3) is 1.59. The second-order valence-electron chi connectivity index (χ2n) is 9.20. The Labute approximate surface area is 134 Å². The fraction of sp³-hybridized carbons (Fsp3) is 0.857. The Kier molecular flexibility index (Phi) is 2.82. The summed E-state index contributed by atoms with van der Waals surface area (Å²) in [4.78, 5) is 11.8. The minimum atomic E-state index is 0.403. The lowest BCUT2D eigenvalue weighted by atomic mass is 9.49. The van der Waals surface area contributed by atoms with E-state index in [4.69, 9.17) is 0 Å². The van der Waals surface area contributed by atoms with Crippen molar-refractivity contribution in [2.75, 3.05) is 0 Å². The predicted molar refractivity (Wildman–Crippen MR) is 88.2 cm³/mol. The highest BCUT2D eigenvalue weighted by molar-refractivity contribution is 5.91. The standard InChI is InChI=1S/C21H30O/c1-3-21-9-8-16-15-7-5-14(22)10-13(15)4-6-17(16)20(21)19-11-18(19)12(21)2/h10,12,15-20H,3-9,11H2,1-2H3/t12-,15-,16+,17+,18?,19?,20+,21+/m0/s1. The predicted octanol–water partition coefficient (Wildman–Crippen LogP) is 5.01. The molecule has 22 heavy (non-hydrogen) atoms. The number of hydrogen-bond acceptors (Lipinski definition) is 1. The van der Waals surface area contributed by atoms with Crippen LogP contribution in [0, 0.1) is 46.8 Å². The Morgan fingerprint density at radius 2 is 1.95 bits per heavy atom. The number of hydrogen-bond donors (Lipinski definition) is 0. The van der Waals surface area contributed by atoms with Gasteiger partial charge in [0.1, 0.15) is 0 Å². The average molecular weight is 298 g/mol. The zero-order valence-electron chi connectivity index (χ0n) is 14.2. The number of rotatable bonds is 1. The molecule has 8 atom stereocenters. The van der Waals surface area contributed by atoms with E-state index in [2.05, 4.69) is 13.8 Å². The second kappa shape index (κ2) is 4.48. The summed E-state index contributed by atoms with van der Waals surface area (Å²) in [5, 5.41) is 0. The van der Waals surface area contributed by atoms with Gasteiger partial charge in [0.25, 0.3) is 0 Å². The maximum atomic E-state index is 11.8. The van der Waals surface area contributed by atoms with Crippen LogP contribution >= 0.6 is 0 Å². The molecule has 0 aromatic rings. The number of carbonyl (C=O) groups is 1. The summed E-state index contributed by atoms with van der Waals surface area (Å²) in [6.45, 7) is 5.06. The molecule has 4 fully saturated rings. The van der Waals surface area contributed by atoms with Crippen LogP contribution in [0.15, 0.2) is 11.6 Å². The highest BCUT2D eigenvalue weighted by Crippen LogP contribution is 2.75. The first-order valence-electron chi connectivity index (χ1n) is 9.89. The van der Waals surface area contributed by atoms with Crippen LogP contribution < -0.4 is 0 Å². The normalized spacial score (nSPS) is 55.6. The quantitative estimate of drug-likeness (QED) is 0.665. The van der Waals surface area contributed by atoms with Crippen LogP contribution in [0.25, 0.3) is 0 Å². The molecule has 0 aromatic heterocycles. The zero-order chi connectivity index (χ0) is 15.1. The van der Waals surface area contributed by atoms with Crippen molar-refractivity contribution in [3.8, 4) is 0 Å². The Hall–Kier alpha value is -0.590. The molecule has 1 nitrogen and oxygen atoms in total. The molecule has 1 heteroatoms. The smallest absolute Gasteiger partial charge is 0.155 e. The van der Waals surface area contributed by atoms with E-state index in [0.29, 0.717) is 11.2 Å². The van der Waals surface area contributed by atoms with Gasteiger partial charge in [0.2, 0.25) is 0 Å². The molecular formula is C21H30O. The summed E-state index contributed by atoms with van der Waals surface area (Å²) in [5.41, 5.74) is 2.24. The molecule has 0 bridgehead atoms. The van der Waals surface area contributed by atoms with Crippen LogP contribution in [-0.2, 0) is 4.79 Å². The minimum absolute atomic E-state index is 0.403. The van der Waals surface area contributed by atoms with Gasteiger partial charge in [-0.25, -0.2) is 0 Å². The summed E-state index contributed by atoms with van der Waals surface area (Å²) in [6, 6.07) is 0. The van der Waals surface area contributed by atoms with E-state index in [1.165, 1.54) is 38.5 Å². The highest BCUT2D eigenvalue weighted by atomic mass is 16.1. The van der Waals surface area contributed by atoms with Gasteiger partial charge in [-0.1, -0.05) is 19.4 Å². The van der Waals surface area contributed by atoms with Gasteiger partial charge >= 0.3 is 0 Å². The van der Waals surface area contributed by atoms with Crippen molar-refractivity contribution in [2.24, 2.45) is 46.8 Å². The fourth-order valence-electron chi connectivity index (χ4n) is 8.01. The first kappa shape index (κ1) is 13.8. The van der Waals surface area contributed by atoms with Crippen LogP contribution in [0.2, 0.25) is 0 Å². The van der Waals surface area contributed by atoms with Gasteiger partial charge in [0, 0.05) is 6.42 Å². The molecule has 0 saturated heterocycles. The molecule has 5 aliphatic carbocycles. The van der Waals surface area contributed by atoms with E-state index < -0.39 is 0 Å². The maximum absolute atomic E-state index is 11.8. The summed E-state index contributed by atoms with van der Waals surface area (Å²) in [6.07, 6.45) is 12.6. The minimum Gasteiger partial charge on any atom is -0.295 e. The van der Waals surface area contributed by atoms with Crippen LogP contribution in [0.1, 0.15) is 65.2 Å². The summed E-state index contributed by atoms with van der Waals surface area (Å²) in [7, 11) is 0. The van der Waals surface area contributed by atoms with Crippen molar-refractivity contribution in [3.05, 3.63) is 11.6 Å². The Bertz CT molecular complexity index is 546. The zero-order valence-corrected chi connectivity index (χ0v) is 14.2. The van der Waals surface area contributed by atoms with Crippen LogP contribution in [0.5, 0.6) is 0 Å². The first-order valence-corrected chi connectivity index (χ1v) is 9.89. The summed E-state index contributed by atoms with van der Waals surface area (Å²) >= 11 is 0. The molecule has 4 saturated carbocycles. The Morgan fingerprint density at radius 1 is 1.09 bits per heavy atom. The Morgan fingerprint density at radius 3 is 2.77 bits per heavy atom. The van der Waals surface area contributed by atoms with Crippen LogP contribution in [0.3, 0.4) is 0 Å². The van der Waals surface area contributed by atoms with Gasteiger partial charge in [0.15, 0.2) is 5.78 Å². The van der Waals surface area contributed by atoms with Crippen LogP contribution in [0.4, 0.5) is 0 Å². The van der Waals surface area contributed by atoms with Gasteiger partial charge in [-0.2, -0.15) is 0 Å². The lowest BCUT2D eigenvalue weighted by Crippen LogP contribution is -2.48. The molecule has 120 valence electrons. The van der Waals surface area contributed by atoms with Crippen molar-refractivity contribution in [3.63, 3.8) is 0 Å². The van der Waals surface area contributed by atoms with Crippen molar-refractivity contribution in [1.29, 1.82) is 0 Å². The fourth-order valence-corrected chi connectivity index (χ4v) is 8.01. The molecule has 2 unspecified atom stereocenters. The molecule has 0 radical (unpaired) electrons. The van der Waals surface area contributed by atoms with Gasteiger partial charge in [0.05, 0.1) is 0 Å².